The summed E-state index contributed by atoms with van der Waals surface area (Å²) in [5.41, 5.74) is 5.69. The fourth-order valence-electron chi connectivity index (χ4n) is 4.49. The summed E-state index contributed by atoms with van der Waals surface area (Å²) < 4.78 is 13.7. The normalized spacial score (nSPS) is 10.9. The molecule has 0 saturated heterocycles. The lowest BCUT2D eigenvalue weighted by Crippen LogP contribution is -2.08. The van der Waals surface area contributed by atoms with E-state index in [0.717, 1.165) is 28.0 Å². The van der Waals surface area contributed by atoms with E-state index >= 15 is 0 Å². The van der Waals surface area contributed by atoms with Crippen LogP contribution in [0.5, 0.6) is 11.5 Å². The lowest BCUT2D eigenvalue weighted by Gasteiger charge is -2.11. The van der Waals surface area contributed by atoms with Crippen molar-refractivity contribution in [2.45, 2.75) is 13.2 Å². The lowest BCUT2D eigenvalue weighted by atomic mass is 10.2. The van der Waals surface area contributed by atoms with Gasteiger partial charge in [0.15, 0.2) is 0 Å². The van der Waals surface area contributed by atoms with Crippen LogP contribution in [0.2, 0.25) is 0 Å². The first-order chi connectivity index (χ1) is 19.2. The Labute approximate surface area is 226 Å². The van der Waals surface area contributed by atoms with Crippen molar-refractivity contribution < 1.29 is 14.3 Å². The van der Waals surface area contributed by atoms with Gasteiger partial charge in [-0.3, -0.25) is 0 Å². The number of fused-ring (bicyclic) bond motifs is 1. The second-order valence-electron chi connectivity index (χ2n) is 9.21. The minimum Gasteiger partial charge on any atom is -0.489 e. The van der Waals surface area contributed by atoms with Gasteiger partial charge in [-0.2, -0.15) is 0 Å². The molecule has 0 amide bonds. The fourth-order valence-corrected chi connectivity index (χ4v) is 4.49. The van der Waals surface area contributed by atoms with E-state index in [-0.39, 0.29) is 0 Å². The van der Waals surface area contributed by atoms with E-state index in [0.29, 0.717) is 30.2 Å². The number of hydrogen-bond acceptors (Lipinski definition) is 4. The number of nitrogens with zero attached hydrogens (tertiary/aromatic N) is 2. The molecule has 0 radical (unpaired) electrons. The minimum absolute atomic E-state index is 0.423. The van der Waals surface area contributed by atoms with E-state index in [1.807, 2.05) is 78.9 Å². The Morgan fingerprint density at radius 3 is 1.97 bits per heavy atom. The predicted octanol–water partition coefficient (Wildman–Crippen LogP) is 7.55. The highest BCUT2D eigenvalue weighted by atomic mass is 16.5. The van der Waals surface area contributed by atoms with Crippen molar-refractivity contribution in [2.24, 2.45) is 0 Å². The number of esters is 1. The highest BCUT2D eigenvalue weighted by molar-refractivity contribution is 5.91. The third kappa shape index (κ3) is 5.58. The summed E-state index contributed by atoms with van der Waals surface area (Å²) in [4.78, 5) is 17.7. The van der Waals surface area contributed by atoms with E-state index in [4.69, 9.17) is 14.5 Å². The molecule has 0 spiro atoms. The van der Waals surface area contributed by atoms with E-state index in [9.17, 15) is 4.79 Å². The molecule has 1 heterocycles. The van der Waals surface area contributed by atoms with Gasteiger partial charge in [0.1, 0.15) is 23.9 Å². The molecular weight excluding hydrogens is 484 g/mol. The smallest absolute Gasteiger partial charge is 0.343 e. The summed E-state index contributed by atoms with van der Waals surface area (Å²) in [6.07, 6.45) is 0. The predicted molar refractivity (Wildman–Crippen MR) is 153 cm³/mol. The molecule has 0 N–H and O–H groups in total. The Morgan fingerprint density at radius 1 is 0.641 bits per heavy atom. The van der Waals surface area contributed by atoms with E-state index in [2.05, 4.69) is 22.8 Å². The molecular formula is C34H26N2O3. The SMILES string of the molecule is O=C(Oc1ccc(-c2nc3ccccc3n2Cc2ccccc2)cc1)c1ccc(OCc2ccccc2)cc1. The number of rotatable bonds is 8. The van der Waals surface area contributed by atoms with Gasteiger partial charge in [-0.05, 0) is 71.8 Å². The van der Waals surface area contributed by atoms with Gasteiger partial charge < -0.3 is 14.0 Å². The molecule has 0 fully saturated rings. The van der Waals surface area contributed by atoms with Gasteiger partial charge in [0, 0.05) is 12.1 Å². The Bertz CT molecular complexity index is 1690. The highest BCUT2D eigenvalue weighted by Crippen LogP contribution is 2.28. The molecule has 190 valence electrons. The van der Waals surface area contributed by atoms with Crippen molar-refractivity contribution in [3.05, 3.63) is 150 Å². The summed E-state index contributed by atoms with van der Waals surface area (Å²) in [5.74, 6) is 1.61. The average Bonchev–Trinajstić information content (AvgIpc) is 3.36. The molecule has 0 aliphatic rings. The van der Waals surface area contributed by atoms with Crippen molar-refractivity contribution in [3.63, 3.8) is 0 Å². The summed E-state index contributed by atoms with van der Waals surface area (Å²) in [5, 5.41) is 0. The first-order valence-corrected chi connectivity index (χ1v) is 12.8. The molecule has 0 aliphatic carbocycles. The molecule has 6 rings (SSSR count). The Morgan fingerprint density at radius 2 is 1.26 bits per heavy atom. The molecule has 5 nitrogen and oxygen atoms in total. The van der Waals surface area contributed by atoms with Gasteiger partial charge in [-0.1, -0.05) is 72.8 Å². The Balaban J connectivity index is 1.16. The monoisotopic (exact) mass is 510 g/mol. The van der Waals surface area contributed by atoms with Crippen molar-refractivity contribution >= 4 is 17.0 Å². The second-order valence-corrected chi connectivity index (χ2v) is 9.21. The molecule has 39 heavy (non-hydrogen) atoms. The number of hydrogen-bond donors (Lipinski definition) is 0. The summed E-state index contributed by atoms with van der Waals surface area (Å²) in [7, 11) is 0. The second kappa shape index (κ2) is 11.1. The quantitative estimate of drug-likeness (QED) is 0.157. The maximum absolute atomic E-state index is 12.8. The zero-order chi connectivity index (χ0) is 26.4. The van der Waals surface area contributed by atoms with Crippen molar-refractivity contribution in [2.75, 3.05) is 0 Å². The van der Waals surface area contributed by atoms with E-state index in [1.54, 1.807) is 36.4 Å². The molecule has 0 aliphatic heterocycles. The van der Waals surface area contributed by atoms with Crippen LogP contribution in [0.1, 0.15) is 21.5 Å². The van der Waals surface area contributed by atoms with Crippen LogP contribution < -0.4 is 9.47 Å². The molecule has 0 unspecified atom stereocenters. The molecule has 1 aromatic heterocycles. The number of ether oxygens (including phenoxy) is 2. The first-order valence-electron chi connectivity index (χ1n) is 12.8. The zero-order valence-electron chi connectivity index (χ0n) is 21.2. The van der Waals surface area contributed by atoms with Gasteiger partial charge in [-0.25, -0.2) is 9.78 Å². The van der Waals surface area contributed by atoms with Crippen LogP contribution in [0, 0.1) is 0 Å². The summed E-state index contributed by atoms with van der Waals surface area (Å²) in [6.45, 7) is 1.18. The summed E-state index contributed by atoms with van der Waals surface area (Å²) >= 11 is 0. The highest BCUT2D eigenvalue weighted by Gasteiger charge is 2.14. The van der Waals surface area contributed by atoms with Crippen molar-refractivity contribution in [1.29, 1.82) is 0 Å². The van der Waals surface area contributed by atoms with Crippen LogP contribution in [0.15, 0.2) is 133 Å². The largest absolute Gasteiger partial charge is 0.489 e. The van der Waals surface area contributed by atoms with Crippen LogP contribution >= 0.6 is 0 Å². The standard InChI is InChI=1S/C34H26N2O3/c37-34(28-17-19-29(20-18-28)38-24-26-11-5-2-6-12-26)39-30-21-15-27(16-22-30)33-35-31-13-7-8-14-32(31)36(33)23-25-9-3-1-4-10-25/h1-22H,23-24H2. The van der Waals surface area contributed by atoms with Crippen LogP contribution in [0.25, 0.3) is 22.4 Å². The van der Waals surface area contributed by atoms with Gasteiger partial charge in [-0.15, -0.1) is 0 Å². The van der Waals surface area contributed by atoms with Crippen LogP contribution in [0.3, 0.4) is 0 Å². The maximum Gasteiger partial charge on any atom is 0.343 e. The third-order valence-electron chi connectivity index (χ3n) is 6.50. The van der Waals surface area contributed by atoms with Gasteiger partial charge >= 0.3 is 5.97 Å². The van der Waals surface area contributed by atoms with Gasteiger partial charge in [0.25, 0.3) is 0 Å². The fraction of sp³-hybridized carbons (Fsp3) is 0.0588. The lowest BCUT2D eigenvalue weighted by molar-refractivity contribution is 0.0734. The molecule has 5 heteroatoms. The number of para-hydroxylation sites is 2. The number of benzene rings is 5. The zero-order valence-corrected chi connectivity index (χ0v) is 21.2. The molecule has 0 atom stereocenters. The third-order valence-corrected chi connectivity index (χ3v) is 6.50. The number of carbonyl (C=O) groups is 1. The number of aromatic nitrogens is 2. The van der Waals surface area contributed by atoms with Crippen molar-refractivity contribution in [1.82, 2.24) is 9.55 Å². The molecule has 5 aromatic carbocycles. The first kappa shape index (κ1) is 24.2. The molecule has 0 saturated carbocycles. The van der Waals surface area contributed by atoms with Crippen molar-refractivity contribution in [3.8, 4) is 22.9 Å². The number of imidazole rings is 1. The van der Waals surface area contributed by atoms with Gasteiger partial charge in [0.05, 0.1) is 16.6 Å². The molecule has 0 bridgehead atoms. The van der Waals surface area contributed by atoms with E-state index < -0.39 is 5.97 Å². The average molecular weight is 511 g/mol. The molecule has 6 aromatic rings. The number of carbonyl (C=O) groups excluding carboxylic acids is 1. The van der Waals surface area contributed by atoms with Crippen LogP contribution in [-0.2, 0) is 13.2 Å². The maximum atomic E-state index is 12.8. The van der Waals surface area contributed by atoms with E-state index in [1.165, 1.54) is 5.56 Å². The van der Waals surface area contributed by atoms with Crippen LogP contribution in [-0.4, -0.2) is 15.5 Å². The summed E-state index contributed by atoms with van der Waals surface area (Å²) in [6, 6.07) is 42.9. The Kier molecular flexibility index (Phi) is 6.87. The Hall–Kier alpha value is -5.16. The van der Waals surface area contributed by atoms with Gasteiger partial charge in [0.2, 0.25) is 0 Å². The minimum atomic E-state index is -0.423. The topological polar surface area (TPSA) is 53.3 Å². The van der Waals surface area contributed by atoms with Crippen LogP contribution in [0.4, 0.5) is 0 Å².